The van der Waals surface area contributed by atoms with Crippen LogP contribution in [-0.4, -0.2) is 46.8 Å². The summed E-state index contributed by atoms with van der Waals surface area (Å²) < 4.78 is 41.3. The summed E-state index contributed by atoms with van der Waals surface area (Å²) in [6.45, 7) is 6.01. The Kier molecular flexibility index (Phi) is 6.83. The Balaban J connectivity index is 2.47. The Labute approximate surface area is 156 Å². The lowest BCUT2D eigenvalue weighted by molar-refractivity contribution is -0.138. The second kappa shape index (κ2) is 8.71. The number of aromatic nitrogens is 3. The fourth-order valence-electron chi connectivity index (χ4n) is 2.86. The zero-order valence-corrected chi connectivity index (χ0v) is 16.0. The predicted molar refractivity (Wildman–Crippen MR) is 98.4 cm³/mol. The standard InChI is InChI=1S/C18H26F3N5O/c1-12(2)9-26-11-13(7-15(17(26)27)18(19,20)21)16-14(8-23-24-16)10-25(4)6-5-22-3/h7-8,11-12,22H,5-6,9-10H2,1-4H3,(H,23,24). The van der Waals surface area contributed by atoms with Crippen LogP contribution in [0.2, 0.25) is 0 Å². The van der Waals surface area contributed by atoms with Crippen molar-refractivity contribution in [1.29, 1.82) is 0 Å². The first-order valence-corrected chi connectivity index (χ1v) is 8.81. The van der Waals surface area contributed by atoms with Crippen LogP contribution in [0.3, 0.4) is 0 Å². The maximum Gasteiger partial charge on any atom is 0.421 e. The molecule has 9 heteroatoms. The average molecular weight is 385 g/mol. The molecule has 0 saturated carbocycles. The smallest absolute Gasteiger partial charge is 0.318 e. The molecule has 0 saturated heterocycles. The highest BCUT2D eigenvalue weighted by Crippen LogP contribution is 2.30. The van der Waals surface area contributed by atoms with Crippen molar-refractivity contribution in [1.82, 2.24) is 25.0 Å². The van der Waals surface area contributed by atoms with Gasteiger partial charge in [0.05, 0.1) is 11.9 Å². The van der Waals surface area contributed by atoms with Gasteiger partial charge in [0, 0.05) is 43.5 Å². The fraction of sp³-hybridized carbons (Fsp3) is 0.556. The van der Waals surface area contributed by atoms with Crippen LogP contribution in [0.4, 0.5) is 13.2 Å². The lowest BCUT2D eigenvalue weighted by atomic mass is 10.1. The maximum absolute atomic E-state index is 13.4. The molecule has 0 fully saturated rings. The van der Waals surface area contributed by atoms with Crippen molar-refractivity contribution in [3.05, 3.63) is 39.9 Å². The van der Waals surface area contributed by atoms with E-state index in [0.717, 1.165) is 29.3 Å². The minimum Gasteiger partial charge on any atom is -0.318 e. The van der Waals surface area contributed by atoms with E-state index >= 15 is 0 Å². The molecule has 27 heavy (non-hydrogen) atoms. The summed E-state index contributed by atoms with van der Waals surface area (Å²) in [6.07, 6.45) is -1.63. The second-order valence-electron chi connectivity index (χ2n) is 7.10. The third kappa shape index (κ3) is 5.43. The van der Waals surface area contributed by atoms with Crippen molar-refractivity contribution in [2.24, 2.45) is 5.92 Å². The topological polar surface area (TPSA) is 66.0 Å². The molecule has 0 spiro atoms. The lowest BCUT2D eigenvalue weighted by Gasteiger charge is -2.18. The van der Waals surface area contributed by atoms with Gasteiger partial charge in [-0.1, -0.05) is 13.8 Å². The number of likely N-dealkylation sites (N-methyl/N-ethyl adjacent to an activating group) is 2. The van der Waals surface area contributed by atoms with E-state index in [4.69, 9.17) is 0 Å². The highest BCUT2D eigenvalue weighted by molar-refractivity contribution is 5.62. The summed E-state index contributed by atoms with van der Waals surface area (Å²) in [6, 6.07) is 0.907. The summed E-state index contributed by atoms with van der Waals surface area (Å²) in [5.74, 6) is 0.0351. The molecule has 0 aliphatic carbocycles. The minimum atomic E-state index is -4.71. The van der Waals surface area contributed by atoms with Gasteiger partial charge in [-0.2, -0.15) is 18.3 Å². The van der Waals surface area contributed by atoms with E-state index in [0.29, 0.717) is 17.8 Å². The van der Waals surface area contributed by atoms with Gasteiger partial charge in [0.15, 0.2) is 0 Å². The third-order valence-electron chi connectivity index (χ3n) is 4.14. The van der Waals surface area contributed by atoms with Crippen LogP contribution in [0.1, 0.15) is 25.0 Å². The van der Waals surface area contributed by atoms with Gasteiger partial charge in [0.25, 0.3) is 5.56 Å². The molecule has 0 radical (unpaired) electrons. The zero-order chi connectivity index (χ0) is 20.2. The largest absolute Gasteiger partial charge is 0.421 e. The van der Waals surface area contributed by atoms with Crippen LogP contribution in [0.15, 0.2) is 23.3 Å². The lowest BCUT2D eigenvalue weighted by Crippen LogP contribution is -2.30. The predicted octanol–water partition coefficient (Wildman–Crippen LogP) is 2.56. The first-order chi connectivity index (χ1) is 12.6. The third-order valence-corrected chi connectivity index (χ3v) is 4.14. The summed E-state index contributed by atoms with van der Waals surface area (Å²) in [7, 11) is 3.78. The van der Waals surface area contributed by atoms with Gasteiger partial charge in [-0.3, -0.25) is 9.89 Å². The Hall–Kier alpha value is -2.13. The van der Waals surface area contributed by atoms with E-state index < -0.39 is 17.3 Å². The molecular weight excluding hydrogens is 359 g/mol. The number of H-pyrrole nitrogens is 1. The molecule has 0 aromatic carbocycles. The Morgan fingerprint density at radius 3 is 2.67 bits per heavy atom. The zero-order valence-electron chi connectivity index (χ0n) is 16.0. The number of hydrogen-bond acceptors (Lipinski definition) is 4. The molecule has 0 amide bonds. The van der Waals surface area contributed by atoms with Crippen LogP contribution in [-0.2, 0) is 19.3 Å². The van der Waals surface area contributed by atoms with Gasteiger partial charge in [-0.25, -0.2) is 0 Å². The Morgan fingerprint density at radius 1 is 1.37 bits per heavy atom. The number of alkyl halides is 3. The first kappa shape index (κ1) is 21.2. The number of rotatable bonds is 8. The first-order valence-electron chi connectivity index (χ1n) is 8.81. The normalized spacial score (nSPS) is 12.3. The van der Waals surface area contributed by atoms with E-state index in [1.807, 2.05) is 32.8 Å². The molecule has 2 heterocycles. The quantitative estimate of drug-likeness (QED) is 0.733. The molecule has 0 bridgehead atoms. The fourth-order valence-corrected chi connectivity index (χ4v) is 2.86. The second-order valence-corrected chi connectivity index (χ2v) is 7.10. The number of pyridine rings is 1. The molecule has 2 aromatic rings. The SMILES string of the molecule is CNCCN(C)Cc1cn[nH]c1-c1cc(C(F)(F)F)c(=O)n(CC(C)C)c1. The molecule has 2 N–H and O–H groups in total. The van der Waals surface area contributed by atoms with Crippen molar-refractivity contribution in [2.75, 3.05) is 27.2 Å². The highest BCUT2D eigenvalue weighted by Gasteiger charge is 2.35. The van der Waals surface area contributed by atoms with Crippen molar-refractivity contribution in [2.45, 2.75) is 33.1 Å². The van der Waals surface area contributed by atoms with Gasteiger partial charge >= 0.3 is 6.18 Å². The average Bonchev–Trinajstić information content (AvgIpc) is 3.01. The maximum atomic E-state index is 13.4. The van der Waals surface area contributed by atoms with Crippen molar-refractivity contribution >= 4 is 0 Å². The molecule has 0 aliphatic heterocycles. The van der Waals surface area contributed by atoms with Gasteiger partial charge in [-0.15, -0.1) is 0 Å². The highest BCUT2D eigenvalue weighted by atomic mass is 19.4. The van der Waals surface area contributed by atoms with Crippen molar-refractivity contribution in [3.63, 3.8) is 0 Å². The summed E-state index contributed by atoms with van der Waals surface area (Å²) in [4.78, 5) is 14.3. The van der Waals surface area contributed by atoms with E-state index in [-0.39, 0.29) is 12.5 Å². The molecule has 0 unspecified atom stereocenters. The van der Waals surface area contributed by atoms with Gasteiger partial charge in [-0.05, 0) is 26.1 Å². The molecule has 6 nitrogen and oxygen atoms in total. The van der Waals surface area contributed by atoms with Gasteiger partial charge in [0.1, 0.15) is 5.56 Å². The molecule has 150 valence electrons. The number of hydrogen-bond donors (Lipinski definition) is 2. The Bertz CT molecular complexity index is 810. The summed E-state index contributed by atoms with van der Waals surface area (Å²) in [5, 5.41) is 9.84. The Morgan fingerprint density at radius 2 is 2.07 bits per heavy atom. The molecule has 2 aromatic heterocycles. The molecular formula is C18H26F3N5O. The molecule has 2 rings (SSSR count). The van der Waals surface area contributed by atoms with Crippen molar-refractivity contribution in [3.8, 4) is 11.3 Å². The van der Waals surface area contributed by atoms with Crippen LogP contribution < -0.4 is 10.9 Å². The van der Waals surface area contributed by atoms with Crippen molar-refractivity contribution < 1.29 is 13.2 Å². The van der Waals surface area contributed by atoms with E-state index in [1.165, 1.54) is 6.20 Å². The molecule has 0 aliphatic rings. The number of nitrogens with zero attached hydrogens (tertiary/aromatic N) is 3. The monoisotopic (exact) mass is 385 g/mol. The van der Waals surface area contributed by atoms with E-state index in [1.54, 1.807) is 6.20 Å². The van der Waals surface area contributed by atoms with E-state index in [9.17, 15) is 18.0 Å². The van der Waals surface area contributed by atoms with Crippen LogP contribution in [0.5, 0.6) is 0 Å². The number of nitrogens with one attached hydrogen (secondary N) is 2. The summed E-state index contributed by atoms with van der Waals surface area (Å²) >= 11 is 0. The van der Waals surface area contributed by atoms with Crippen LogP contribution >= 0.6 is 0 Å². The number of halogens is 3. The van der Waals surface area contributed by atoms with Gasteiger partial charge in [0.2, 0.25) is 0 Å². The van der Waals surface area contributed by atoms with E-state index in [2.05, 4.69) is 15.5 Å². The van der Waals surface area contributed by atoms with Crippen LogP contribution in [0, 0.1) is 5.92 Å². The number of aromatic amines is 1. The molecule has 0 atom stereocenters. The minimum absolute atomic E-state index is 0.0351. The summed E-state index contributed by atoms with van der Waals surface area (Å²) in [5.41, 5.74) is -0.611. The van der Waals surface area contributed by atoms with Crippen LogP contribution in [0.25, 0.3) is 11.3 Å². The van der Waals surface area contributed by atoms with Gasteiger partial charge < -0.3 is 14.8 Å².